The Morgan fingerprint density at radius 1 is 1.19 bits per heavy atom. The van der Waals surface area contributed by atoms with E-state index in [-0.39, 0.29) is 0 Å². The van der Waals surface area contributed by atoms with E-state index in [4.69, 9.17) is 0 Å². The molecule has 0 aromatic carbocycles. The van der Waals surface area contributed by atoms with E-state index in [1.807, 2.05) is 6.33 Å². The maximum absolute atomic E-state index is 4.40. The van der Waals surface area contributed by atoms with Crippen molar-refractivity contribution in [3.8, 4) is 0 Å². The van der Waals surface area contributed by atoms with Crippen LogP contribution in [0.2, 0.25) is 0 Å². The molecule has 0 N–H and O–H groups in total. The van der Waals surface area contributed by atoms with E-state index in [1.165, 1.54) is 58.2 Å². The van der Waals surface area contributed by atoms with Gasteiger partial charge in [0.15, 0.2) is 0 Å². The molecule has 26 heavy (non-hydrogen) atoms. The highest BCUT2D eigenvalue weighted by atomic mass is 15.3. The third-order valence-corrected chi connectivity index (χ3v) is 7.14. The lowest BCUT2D eigenvalue weighted by Crippen LogP contribution is -2.63. The summed E-state index contributed by atoms with van der Waals surface area (Å²) >= 11 is 0. The first kappa shape index (κ1) is 18.4. The Hall–Kier alpha value is -0.940. The SMILES string of the molecule is CCn1cnnc1CN1C[C@H]2C[C@@H](C1)[C@H](CCC(C)C)N1CCCC[C@@H]21. The summed E-state index contributed by atoms with van der Waals surface area (Å²) in [6.07, 6.45) is 10.4. The smallest absolute Gasteiger partial charge is 0.146 e. The standard InChI is InChI=1S/C21H37N5/c1-4-25-15-22-23-21(25)14-24-12-17-11-18(13-24)20(9-8-16(2)3)26-10-6-5-7-19(17)26/h15-20H,4-14H2,1-3H3/t17-,18+,19+,20+/m1/s1. The molecule has 1 aromatic heterocycles. The molecular weight excluding hydrogens is 322 g/mol. The van der Waals surface area contributed by atoms with Crippen LogP contribution in [0.1, 0.15) is 65.1 Å². The summed E-state index contributed by atoms with van der Waals surface area (Å²) in [6, 6.07) is 1.65. The van der Waals surface area contributed by atoms with Crippen LogP contribution in [0.4, 0.5) is 0 Å². The minimum Gasteiger partial charge on any atom is -0.317 e. The van der Waals surface area contributed by atoms with Gasteiger partial charge in [0.25, 0.3) is 0 Å². The lowest BCUT2D eigenvalue weighted by molar-refractivity contribution is -0.0773. The van der Waals surface area contributed by atoms with Crippen molar-refractivity contribution in [3.05, 3.63) is 12.2 Å². The van der Waals surface area contributed by atoms with Gasteiger partial charge in [0.1, 0.15) is 12.2 Å². The van der Waals surface area contributed by atoms with Gasteiger partial charge in [0.05, 0.1) is 6.54 Å². The first-order valence-electron chi connectivity index (χ1n) is 11.0. The van der Waals surface area contributed by atoms with Crippen molar-refractivity contribution in [2.24, 2.45) is 17.8 Å². The van der Waals surface area contributed by atoms with Crippen molar-refractivity contribution < 1.29 is 0 Å². The molecular formula is C21H37N5. The molecule has 0 unspecified atom stereocenters. The van der Waals surface area contributed by atoms with Crippen molar-refractivity contribution in [1.82, 2.24) is 24.6 Å². The Balaban J connectivity index is 1.49. The van der Waals surface area contributed by atoms with E-state index in [1.54, 1.807) is 0 Å². The first-order chi connectivity index (χ1) is 12.7. The monoisotopic (exact) mass is 359 g/mol. The molecule has 3 saturated heterocycles. The zero-order valence-electron chi connectivity index (χ0n) is 17.0. The number of fused-ring (bicyclic) bond motifs is 4. The van der Waals surface area contributed by atoms with E-state index in [0.717, 1.165) is 48.8 Å². The minimum absolute atomic E-state index is 0.811. The van der Waals surface area contributed by atoms with Crippen LogP contribution in [0.15, 0.2) is 6.33 Å². The van der Waals surface area contributed by atoms with Crippen LogP contribution in [0.3, 0.4) is 0 Å². The van der Waals surface area contributed by atoms with Gasteiger partial charge in [0, 0.05) is 31.7 Å². The molecule has 0 radical (unpaired) electrons. The molecule has 4 atom stereocenters. The van der Waals surface area contributed by atoms with Gasteiger partial charge in [-0.05, 0) is 63.3 Å². The zero-order chi connectivity index (χ0) is 18.1. The fraction of sp³-hybridized carbons (Fsp3) is 0.905. The first-order valence-corrected chi connectivity index (χ1v) is 11.0. The molecule has 2 bridgehead atoms. The summed E-state index contributed by atoms with van der Waals surface area (Å²) in [4.78, 5) is 5.65. The van der Waals surface area contributed by atoms with Crippen LogP contribution in [0.5, 0.6) is 0 Å². The van der Waals surface area contributed by atoms with E-state index in [2.05, 4.69) is 45.3 Å². The van der Waals surface area contributed by atoms with Gasteiger partial charge >= 0.3 is 0 Å². The maximum Gasteiger partial charge on any atom is 0.146 e. The lowest BCUT2D eigenvalue weighted by Gasteiger charge is -2.57. The van der Waals surface area contributed by atoms with Gasteiger partial charge in [-0.1, -0.05) is 20.3 Å². The van der Waals surface area contributed by atoms with Crippen molar-refractivity contribution in [3.63, 3.8) is 0 Å². The third-order valence-electron chi connectivity index (χ3n) is 7.14. The van der Waals surface area contributed by atoms with Crippen LogP contribution in [-0.4, -0.2) is 56.3 Å². The molecule has 0 aliphatic carbocycles. The fourth-order valence-electron chi connectivity index (χ4n) is 5.90. The summed E-state index contributed by atoms with van der Waals surface area (Å²) in [5.41, 5.74) is 0. The molecule has 0 spiro atoms. The Morgan fingerprint density at radius 3 is 2.85 bits per heavy atom. The van der Waals surface area contributed by atoms with Gasteiger partial charge in [-0.25, -0.2) is 0 Å². The topological polar surface area (TPSA) is 37.2 Å². The highest BCUT2D eigenvalue weighted by Gasteiger charge is 2.46. The number of rotatable bonds is 6. The van der Waals surface area contributed by atoms with Crippen LogP contribution < -0.4 is 0 Å². The Bertz CT molecular complexity index is 583. The number of likely N-dealkylation sites (tertiary alicyclic amines) is 1. The molecule has 146 valence electrons. The fourth-order valence-corrected chi connectivity index (χ4v) is 5.90. The Morgan fingerprint density at radius 2 is 2.04 bits per heavy atom. The van der Waals surface area contributed by atoms with Crippen LogP contribution in [0, 0.1) is 17.8 Å². The molecule has 0 saturated carbocycles. The second-order valence-corrected chi connectivity index (χ2v) is 9.32. The van der Waals surface area contributed by atoms with Crippen molar-refractivity contribution in [2.75, 3.05) is 19.6 Å². The molecule has 4 rings (SSSR count). The number of aromatic nitrogens is 3. The van der Waals surface area contributed by atoms with E-state index >= 15 is 0 Å². The van der Waals surface area contributed by atoms with Gasteiger partial charge in [0.2, 0.25) is 0 Å². The quantitative estimate of drug-likeness (QED) is 0.780. The highest BCUT2D eigenvalue weighted by Crippen LogP contribution is 2.42. The second-order valence-electron chi connectivity index (χ2n) is 9.32. The zero-order valence-corrected chi connectivity index (χ0v) is 17.0. The molecule has 5 heteroatoms. The molecule has 3 aliphatic rings. The highest BCUT2D eigenvalue weighted by molar-refractivity contribution is 5.01. The predicted octanol–water partition coefficient (Wildman–Crippen LogP) is 3.41. The Kier molecular flexibility index (Phi) is 5.65. The van der Waals surface area contributed by atoms with Gasteiger partial charge in [-0.3, -0.25) is 9.80 Å². The molecule has 5 nitrogen and oxygen atoms in total. The number of nitrogens with zero attached hydrogens (tertiary/aromatic N) is 5. The van der Waals surface area contributed by atoms with Gasteiger partial charge in [-0.2, -0.15) is 0 Å². The van der Waals surface area contributed by atoms with Crippen LogP contribution in [0.25, 0.3) is 0 Å². The summed E-state index contributed by atoms with van der Waals surface area (Å²) in [6.45, 7) is 12.7. The lowest BCUT2D eigenvalue weighted by atomic mass is 9.71. The number of hydrogen-bond donors (Lipinski definition) is 0. The normalized spacial score (nSPS) is 32.8. The molecule has 4 heterocycles. The maximum atomic E-state index is 4.40. The molecule has 3 aliphatic heterocycles. The largest absolute Gasteiger partial charge is 0.317 e. The van der Waals surface area contributed by atoms with Crippen molar-refractivity contribution in [2.45, 2.75) is 84.5 Å². The summed E-state index contributed by atoms with van der Waals surface area (Å²) < 4.78 is 2.20. The third kappa shape index (κ3) is 3.70. The molecule has 3 fully saturated rings. The number of hydrogen-bond acceptors (Lipinski definition) is 4. The Labute approximate surface area is 159 Å². The summed E-state index contributed by atoms with van der Waals surface area (Å²) in [5, 5.41) is 8.53. The van der Waals surface area contributed by atoms with E-state index < -0.39 is 0 Å². The van der Waals surface area contributed by atoms with Crippen molar-refractivity contribution in [1.29, 1.82) is 0 Å². The van der Waals surface area contributed by atoms with Crippen LogP contribution >= 0.6 is 0 Å². The van der Waals surface area contributed by atoms with E-state index in [9.17, 15) is 0 Å². The molecule has 1 aromatic rings. The average molecular weight is 360 g/mol. The molecule has 0 amide bonds. The number of piperidine rings is 3. The minimum atomic E-state index is 0.811. The summed E-state index contributed by atoms with van der Waals surface area (Å²) in [7, 11) is 0. The van der Waals surface area contributed by atoms with Gasteiger partial charge < -0.3 is 4.57 Å². The van der Waals surface area contributed by atoms with Gasteiger partial charge in [-0.15, -0.1) is 10.2 Å². The second kappa shape index (κ2) is 7.97. The predicted molar refractivity (Wildman–Crippen MR) is 105 cm³/mol. The number of aryl methyl sites for hydroxylation is 1. The average Bonchev–Trinajstić information content (AvgIpc) is 3.08. The van der Waals surface area contributed by atoms with Crippen molar-refractivity contribution >= 4 is 0 Å². The van der Waals surface area contributed by atoms with E-state index in [0.29, 0.717) is 0 Å². The summed E-state index contributed by atoms with van der Waals surface area (Å²) in [5.74, 6) is 3.67. The van der Waals surface area contributed by atoms with Crippen LogP contribution in [-0.2, 0) is 13.1 Å².